The highest BCUT2D eigenvalue weighted by atomic mass is 35.5. The number of carbonyl (C=O) groups is 1. The number of rotatable bonds is 5. The first-order chi connectivity index (χ1) is 8.63. The van der Waals surface area contributed by atoms with Gasteiger partial charge >= 0.3 is 6.18 Å². The molecule has 6 heteroatoms. The van der Waals surface area contributed by atoms with E-state index in [1.807, 2.05) is 0 Å². The fourth-order valence-electron chi connectivity index (χ4n) is 2.05. The molecule has 0 N–H and O–H groups in total. The van der Waals surface area contributed by atoms with Crippen molar-refractivity contribution in [2.45, 2.75) is 51.7 Å². The third-order valence-electron chi connectivity index (χ3n) is 3.04. The van der Waals surface area contributed by atoms with Crippen molar-refractivity contribution in [3.05, 3.63) is 23.0 Å². The van der Waals surface area contributed by atoms with Crippen LogP contribution < -0.4 is 0 Å². The van der Waals surface area contributed by atoms with Gasteiger partial charge < -0.3 is 4.57 Å². The first-order valence-electron chi connectivity index (χ1n) is 6.05. The first kappa shape index (κ1) is 16.1. The molecule has 0 aliphatic heterocycles. The van der Waals surface area contributed by atoms with E-state index in [-0.39, 0.29) is 18.7 Å². The predicted octanol–water partition coefficient (Wildman–Crippen LogP) is 4.26. The van der Waals surface area contributed by atoms with E-state index >= 15 is 0 Å². The Bertz CT molecular complexity index is 463. The maximum atomic E-state index is 12.1. The predicted molar refractivity (Wildman–Crippen MR) is 68.8 cm³/mol. The molecule has 0 saturated heterocycles. The quantitative estimate of drug-likeness (QED) is 0.588. The maximum absolute atomic E-state index is 12.1. The molecule has 0 radical (unpaired) electrons. The van der Waals surface area contributed by atoms with Gasteiger partial charge in [0.1, 0.15) is 0 Å². The Morgan fingerprint density at radius 3 is 2.47 bits per heavy atom. The Morgan fingerprint density at radius 1 is 1.42 bits per heavy atom. The van der Waals surface area contributed by atoms with Crippen molar-refractivity contribution in [2.24, 2.45) is 0 Å². The zero-order chi connectivity index (χ0) is 14.8. The average molecular weight is 296 g/mol. The van der Waals surface area contributed by atoms with Gasteiger partial charge in [-0.2, -0.15) is 13.2 Å². The molecule has 0 aliphatic rings. The molecule has 19 heavy (non-hydrogen) atoms. The van der Waals surface area contributed by atoms with Crippen LogP contribution >= 0.6 is 11.6 Å². The van der Waals surface area contributed by atoms with Crippen LogP contribution in [-0.2, 0) is 6.54 Å². The van der Waals surface area contributed by atoms with E-state index in [1.165, 1.54) is 0 Å². The fourth-order valence-corrected chi connectivity index (χ4v) is 2.16. The number of hydrogen-bond donors (Lipinski definition) is 0. The lowest BCUT2D eigenvalue weighted by Crippen LogP contribution is -2.13. The van der Waals surface area contributed by atoms with Crippen LogP contribution in [0, 0.1) is 13.8 Å². The van der Waals surface area contributed by atoms with Crippen molar-refractivity contribution >= 4 is 17.4 Å². The van der Waals surface area contributed by atoms with Gasteiger partial charge in [0.15, 0.2) is 5.78 Å². The molecule has 0 spiro atoms. The number of alkyl halides is 4. The molecule has 1 aromatic heterocycles. The lowest BCUT2D eigenvalue weighted by molar-refractivity contribution is -0.135. The number of ketones is 1. The van der Waals surface area contributed by atoms with Crippen LogP contribution in [0.15, 0.2) is 6.07 Å². The van der Waals surface area contributed by atoms with Gasteiger partial charge in [0.2, 0.25) is 0 Å². The van der Waals surface area contributed by atoms with Crippen molar-refractivity contribution in [3.8, 4) is 0 Å². The van der Waals surface area contributed by atoms with Gasteiger partial charge in [0.25, 0.3) is 0 Å². The van der Waals surface area contributed by atoms with Crippen LogP contribution in [0.3, 0.4) is 0 Å². The lowest BCUT2D eigenvalue weighted by Gasteiger charge is -2.11. The average Bonchev–Trinajstić information content (AvgIpc) is 2.53. The Hall–Kier alpha value is -0.970. The Kier molecular flexibility index (Phi) is 5.07. The lowest BCUT2D eigenvalue weighted by atomic mass is 10.1. The van der Waals surface area contributed by atoms with Crippen molar-refractivity contribution in [3.63, 3.8) is 0 Å². The molecule has 0 saturated carbocycles. The third kappa shape index (κ3) is 4.27. The van der Waals surface area contributed by atoms with Crippen LogP contribution in [0.1, 0.15) is 41.5 Å². The van der Waals surface area contributed by atoms with E-state index < -0.39 is 18.0 Å². The summed E-state index contributed by atoms with van der Waals surface area (Å²) in [5, 5.41) is -0.635. The zero-order valence-corrected chi connectivity index (χ0v) is 11.9. The molecular formula is C13H17ClF3NO. The molecule has 1 unspecified atom stereocenters. The SMILES string of the molecule is Cc1cc(C(=O)C(C)Cl)c(C)n1CCCC(F)(F)F. The number of Topliss-reactive ketones (excluding diaryl/α,β-unsaturated/α-hetero) is 1. The van der Waals surface area contributed by atoms with Crippen LogP contribution in [0.25, 0.3) is 0 Å². The molecule has 1 rings (SSSR count). The van der Waals surface area contributed by atoms with Crippen LogP contribution in [0.4, 0.5) is 13.2 Å². The number of nitrogens with zero attached hydrogens (tertiary/aromatic N) is 1. The summed E-state index contributed by atoms with van der Waals surface area (Å²) in [6, 6.07) is 1.68. The van der Waals surface area contributed by atoms with Gasteiger partial charge in [0.05, 0.1) is 5.38 Å². The number of halogens is 4. The molecular weight excluding hydrogens is 279 g/mol. The summed E-state index contributed by atoms with van der Waals surface area (Å²) in [4.78, 5) is 11.8. The minimum atomic E-state index is -4.14. The second kappa shape index (κ2) is 5.99. The molecule has 1 atom stereocenters. The Labute approximate surface area is 115 Å². The van der Waals surface area contributed by atoms with E-state index in [0.29, 0.717) is 11.3 Å². The number of aromatic nitrogens is 1. The zero-order valence-electron chi connectivity index (χ0n) is 11.1. The van der Waals surface area contributed by atoms with E-state index in [9.17, 15) is 18.0 Å². The largest absolute Gasteiger partial charge is 0.389 e. The smallest absolute Gasteiger partial charge is 0.348 e. The van der Waals surface area contributed by atoms with Crippen molar-refractivity contribution < 1.29 is 18.0 Å². The van der Waals surface area contributed by atoms with E-state index in [4.69, 9.17) is 11.6 Å². The van der Waals surface area contributed by atoms with Gasteiger partial charge in [-0.1, -0.05) is 0 Å². The topological polar surface area (TPSA) is 22.0 Å². The number of hydrogen-bond acceptors (Lipinski definition) is 1. The Morgan fingerprint density at radius 2 is 2.00 bits per heavy atom. The standard InChI is InChI=1S/C13H17ClF3NO/c1-8-7-11(12(19)9(2)14)10(3)18(8)6-4-5-13(15,16)17/h7,9H,4-6H2,1-3H3. The summed E-state index contributed by atoms with van der Waals surface area (Å²) in [5.41, 5.74) is 1.95. The van der Waals surface area contributed by atoms with Crippen molar-refractivity contribution in [1.82, 2.24) is 4.57 Å². The summed E-state index contributed by atoms with van der Waals surface area (Å²) in [6.07, 6.45) is -4.96. The molecule has 0 amide bonds. The summed E-state index contributed by atoms with van der Waals surface area (Å²) in [5.74, 6) is -0.197. The summed E-state index contributed by atoms with van der Waals surface area (Å²) in [6.45, 7) is 5.34. The van der Waals surface area contributed by atoms with Crippen LogP contribution in [-0.4, -0.2) is 21.9 Å². The second-order valence-corrected chi connectivity index (χ2v) is 5.29. The summed E-state index contributed by atoms with van der Waals surface area (Å²) < 4.78 is 38.1. The highest BCUT2D eigenvalue weighted by Crippen LogP contribution is 2.24. The van der Waals surface area contributed by atoms with Crippen LogP contribution in [0.5, 0.6) is 0 Å². The highest BCUT2D eigenvalue weighted by molar-refractivity contribution is 6.33. The molecule has 1 heterocycles. The van der Waals surface area contributed by atoms with Crippen molar-refractivity contribution in [1.29, 1.82) is 0 Å². The van der Waals surface area contributed by atoms with E-state index in [0.717, 1.165) is 5.69 Å². The minimum Gasteiger partial charge on any atom is -0.348 e. The molecule has 0 fully saturated rings. The molecule has 2 nitrogen and oxygen atoms in total. The van der Waals surface area contributed by atoms with Gasteiger partial charge in [-0.25, -0.2) is 0 Å². The molecule has 0 aliphatic carbocycles. The number of aryl methyl sites for hydroxylation is 1. The molecule has 108 valence electrons. The van der Waals surface area contributed by atoms with Crippen LogP contribution in [0.2, 0.25) is 0 Å². The van der Waals surface area contributed by atoms with E-state index in [1.54, 1.807) is 31.4 Å². The monoisotopic (exact) mass is 295 g/mol. The molecule has 0 bridgehead atoms. The normalized spacial score (nSPS) is 13.6. The van der Waals surface area contributed by atoms with E-state index in [2.05, 4.69) is 0 Å². The fraction of sp³-hybridized carbons (Fsp3) is 0.615. The van der Waals surface area contributed by atoms with Gasteiger partial charge in [-0.15, -0.1) is 11.6 Å². The number of carbonyl (C=O) groups excluding carboxylic acids is 1. The maximum Gasteiger partial charge on any atom is 0.389 e. The van der Waals surface area contributed by atoms with Gasteiger partial charge in [0, 0.05) is 29.9 Å². The minimum absolute atomic E-state index is 0.00389. The van der Waals surface area contributed by atoms with Gasteiger partial charge in [-0.3, -0.25) is 4.79 Å². The Balaban J connectivity index is 2.83. The summed E-state index contributed by atoms with van der Waals surface area (Å²) >= 11 is 5.75. The first-order valence-corrected chi connectivity index (χ1v) is 6.49. The van der Waals surface area contributed by atoms with Crippen molar-refractivity contribution in [2.75, 3.05) is 0 Å². The molecule has 1 aromatic rings. The third-order valence-corrected chi connectivity index (χ3v) is 3.24. The molecule has 0 aromatic carbocycles. The summed E-state index contributed by atoms with van der Waals surface area (Å²) in [7, 11) is 0. The van der Waals surface area contributed by atoms with Gasteiger partial charge in [-0.05, 0) is 33.3 Å². The highest BCUT2D eigenvalue weighted by Gasteiger charge is 2.26. The second-order valence-electron chi connectivity index (χ2n) is 4.64.